The number of hydrogen-bond donors (Lipinski definition) is 0. The summed E-state index contributed by atoms with van der Waals surface area (Å²) >= 11 is 1.41. The summed E-state index contributed by atoms with van der Waals surface area (Å²) in [5.74, 6) is -0.178. The van der Waals surface area contributed by atoms with Crippen molar-refractivity contribution < 1.29 is 4.79 Å². The monoisotopic (exact) mass is 280 g/mol. The Kier molecular flexibility index (Phi) is 3.48. The van der Waals surface area contributed by atoms with E-state index < -0.39 is 0 Å². The number of hydrogen-bond acceptors (Lipinski definition) is 3. The maximum absolute atomic E-state index is 11.9. The summed E-state index contributed by atoms with van der Waals surface area (Å²) in [4.78, 5) is 20.7. The van der Waals surface area contributed by atoms with Gasteiger partial charge >= 0.3 is 0 Å². The molecule has 2 heterocycles. The molecule has 0 unspecified atom stereocenters. The maximum atomic E-state index is 11.9. The molecule has 2 aromatic rings. The summed E-state index contributed by atoms with van der Waals surface area (Å²) in [6, 6.07) is 11.8. The summed E-state index contributed by atoms with van der Waals surface area (Å²) in [5.41, 5.74) is 3.12. The van der Waals surface area contributed by atoms with Crippen LogP contribution in [0.1, 0.15) is 16.7 Å². The third-order valence-corrected chi connectivity index (χ3v) is 3.96. The van der Waals surface area contributed by atoms with E-state index in [4.69, 9.17) is 0 Å². The van der Waals surface area contributed by atoms with Crippen LogP contribution in [0.5, 0.6) is 0 Å². The van der Waals surface area contributed by atoms with Gasteiger partial charge in [-0.3, -0.25) is 9.78 Å². The van der Waals surface area contributed by atoms with E-state index in [1.54, 1.807) is 12.4 Å². The van der Waals surface area contributed by atoms with Crippen molar-refractivity contribution >= 4 is 28.8 Å². The normalized spacial score (nSPS) is 16.6. The molecule has 20 heavy (non-hydrogen) atoms. The highest BCUT2D eigenvalue weighted by Crippen LogP contribution is 2.31. The van der Waals surface area contributed by atoms with E-state index >= 15 is 0 Å². The molecule has 0 aliphatic carbocycles. The molecule has 0 bridgehead atoms. The van der Waals surface area contributed by atoms with Gasteiger partial charge in [0.25, 0.3) is 5.91 Å². The molecule has 98 valence electrons. The molecule has 0 saturated heterocycles. The zero-order valence-corrected chi connectivity index (χ0v) is 11.7. The van der Waals surface area contributed by atoms with Crippen LogP contribution >= 0.6 is 11.8 Å². The Bertz CT molecular complexity index is 703. The van der Waals surface area contributed by atoms with Crippen molar-refractivity contribution in [2.75, 3.05) is 0 Å². The van der Waals surface area contributed by atoms with E-state index in [0.717, 1.165) is 16.2 Å². The fourth-order valence-electron chi connectivity index (χ4n) is 1.84. The van der Waals surface area contributed by atoms with Crippen molar-refractivity contribution in [3.8, 4) is 0 Å². The van der Waals surface area contributed by atoms with Crippen LogP contribution < -0.4 is 0 Å². The lowest BCUT2D eigenvalue weighted by molar-refractivity contribution is -0.113. The fourth-order valence-corrected chi connectivity index (χ4v) is 2.76. The van der Waals surface area contributed by atoms with Crippen molar-refractivity contribution in [2.24, 2.45) is 4.99 Å². The van der Waals surface area contributed by atoms with E-state index in [1.165, 1.54) is 17.3 Å². The van der Waals surface area contributed by atoms with Gasteiger partial charge in [-0.15, -0.1) is 0 Å². The van der Waals surface area contributed by atoms with Gasteiger partial charge in [-0.2, -0.15) is 0 Å². The largest absolute Gasteiger partial charge is 0.284 e. The number of nitrogens with zero attached hydrogens (tertiary/aromatic N) is 2. The second kappa shape index (κ2) is 5.43. The Balaban J connectivity index is 1.86. The van der Waals surface area contributed by atoms with Crippen molar-refractivity contribution in [2.45, 2.75) is 6.92 Å². The van der Waals surface area contributed by atoms with Gasteiger partial charge in [-0.25, -0.2) is 4.99 Å². The van der Waals surface area contributed by atoms with E-state index in [9.17, 15) is 4.79 Å². The molecule has 1 aliphatic heterocycles. The van der Waals surface area contributed by atoms with E-state index in [2.05, 4.69) is 9.98 Å². The molecule has 1 aromatic heterocycles. The second-order valence-corrected chi connectivity index (χ2v) is 5.51. The summed E-state index contributed by atoms with van der Waals surface area (Å²) in [7, 11) is 0. The van der Waals surface area contributed by atoms with Gasteiger partial charge in [-0.05, 0) is 30.7 Å². The molecule has 0 radical (unpaired) electrons. The number of aromatic nitrogens is 1. The topological polar surface area (TPSA) is 42.3 Å². The van der Waals surface area contributed by atoms with Crippen LogP contribution in [0.25, 0.3) is 6.08 Å². The Hall–Kier alpha value is -2.20. The summed E-state index contributed by atoms with van der Waals surface area (Å²) < 4.78 is 0. The lowest BCUT2D eigenvalue weighted by Crippen LogP contribution is -1.90. The SMILES string of the molecule is Cc1ccc(C2=NC(=O)/C(=C/c3ccncc3)S2)cc1. The quantitative estimate of drug-likeness (QED) is 0.791. The minimum Gasteiger partial charge on any atom is -0.266 e. The first-order valence-corrected chi connectivity index (χ1v) is 7.04. The third kappa shape index (κ3) is 2.70. The van der Waals surface area contributed by atoms with Crippen molar-refractivity contribution in [3.63, 3.8) is 0 Å². The Morgan fingerprint density at radius 3 is 2.45 bits per heavy atom. The number of aliphatic imine (C=N–C) groups is 1. The average molecular weight is 280 g/mol. The van der Waals surface area contributed by atoms with Crippen LogP contribution in [0.15, 0.2) is 58.7 Å². The Morgan fingerprint density at radius 1 is 1.05 bits per heavy atom. The Morgan fingerprint density at radius 2 is 1.75 bits per heavy atom. The van der Waals surface area contributed by atoms with Crippen LogP contribution in [0.4, 0.5) is 0 Å². The van der Waals surface area contributed by atoms with Gasteiger partial charge < -0.3 is 0 Å². The minimum absolute atomic E-state index is 0.178. The highest BCUT2D eigenvalue weighted by molar-refractivity contribution is 8.19. The first-order valence-electron chi connectivity index (χ1n) is 6.22. The number of thioether (sulfide) groups is 1. The smallest absolute Gasteiger partial charge is 0.266 e. The van der Waals surface area contributed by atoms with E-state index in [-0.39, 0.29) is 5.91 Å². The number of pyridine rings is 1. The molecule has 3 nitrogen and oxygen atoms in total. The number of aryl methyl sites for hydroxylation is 1. The van der Waals surface area contributed by atoms with Gasteiger partial charge in [0.2, 0.25) is 0 Å². The lowest BCUT2D eigenvalue weighted by Gasteiger charge is -1.99. The van der Waals surface area contributed by atoms with Crippen LogP contribution in [-0.4, -0.2) is 15.9 Å². The lowest BCUT2D eigenvalue weighted by atomic mass is 10.2. The zero-order chi connectivity index (χ0) is 13.9. The second-order valence-electron chi connectivity index (χ2n) is 4.48. The highest BCUT2D eigenvalue weighted by atomic mass is 32.2. The van der Waals surface area contributed by atoms with E-state index in [0.29, 0.717) is 4.91 Å². The molecule has 3 rings (SSSR count). The van der Waals surface area contributed by atoms with Crippen molar-refractivity contribution in [3.05, 3.63) is 70.4 Å². The van der Waals surface area contributed by atoms with Crippen LogP contribution in [-0.2, 0) is 4.79 Å². The van der Waals surface area contributed by atoms with E-state index in [1.807, 2.05) is 49.4 Å². The van der Waals surface area contributed by atoms with Gasteiger partial charge in [0.05, 0.1) is 4.91 Å². The van der Waals surface area contributed by atoms with Crippen LogP contribution in [0.2, 0.25) is 0 Å². The van der Waals surface area contributed by atoms with Gasteiger partial charge in [0, 0.05) is 18.0 Å². The predicted molar refractivity (Wildman–Crippen MR) is 82.5 cm³/mol. The Labute approximate surface area is 121 Å². The zero-order valence-electron chi connectivity index (χ0n) is 10.9. The van der Waals surface area contributed by atoms with Crippen LogP contribution in [0, 0.1) is 6.92 Å². The van der Waals surface area contributed by atoms with Crippen molar-refractivity contribution in [1.82, 2.24) is 4.98 Å². The molecule has 4 heteroatoms. The summed E-state index contributed by atoms with van der Waals surface area (Å²) in [5, 5.41) is 0.760. The average Bonchev–Trinajstić information content (AvgIpc) is 2.82. The number of carbonyl (C=O) groups excluding carboxylic acids is 1. The van der Waals surface area contributed by atoms with Crippen molar-refractivity contribution in [1.29, 1.82) is 0 Å². The fraction of sp³-hybridized carbons (Fsp3) is 0.0625. The van der Waals surface area contributed by atoms with Gasteiger partial charge in [0.15, 0.2) is 0 Å². The molecule has 0 fully saturated rings. The van der Waals surface area contributed by atoms with Gasteiger partial charge in [-0.1, -0.05) is 41.6 Å². The third-order valence-electron chi connectivity index (χ3n) is 2.92. The number of rotatable bonds is 2. The standard InChI is InChI=1S/C16H12N2OS/c1-11-2-4-13(5-3-11)16-18-15(19)14(20-16)10-12-6-8-17-9-7-12/h2-10H,1H3/b14-10-. The molecular weight excluding hydrogens is 268 g/mol. The highest BCUT2D eigenvalue weighted by Gasteiger charge is 2.22. The number of amides is 1. The number of carbonyl (C=O) groups is 1. The molecule has 0 N–H and O–H groups in total. The van der Waals surface area contributed by atoms with Gasteiger partial charge in [0.1, 0.15) is 5.04 Å². The first kappa shape index (κ1) is 12.8. The molecular formula is C16H12N2OS. The summed E-state index contributed by atoms with van der Waals surface area (Å²) in [6.45, 7) is 2.04. The molecule has 1 amide bonds. The number of benzene rings is 1. The minimum atomic E-state index is -0.178. The maximum Gasteiger partial charge on any atom is 0.284 e. The molecule has 0 atom stereocenters. The van der Waals surface area contributed by atoms with Crippen LogP contribution in [0.3, 0.4) is 0 Å². The molecule has 1 aromatic carbocycles. The molecule has 0 spiro atoms. The molecule has 1 aliphatic rings. The first-order chi connectivity index (χ1) is 9.72. The predicted octanol–water partition coefficient (Wildman–Crippen LogP) is 3.45. The summed E-state index contributed by atoms with van der Waals surface area (Å²) in [6.07, 6.45) is 5.26. The molecule has 0 saturated carbocycles.